The highest BCUT2D eigenvalue weighted by atomic mass is 16.5. The van der Waals surface area contributed by atoms with Crippen LogP contribution in [-0.4, -0.2) is 18.2 Å². The fourth-order valence-electron chi connectivity index (χ4n) is 1.75. The van der Waals surface area contributed by atoms with E-state index in [1.165, 1.54) is 11.1 Å². The molecular weight excluding hydrogens is 222 g/mol. The van der Waals surface area contributed by atoms with Crippen LogP contribution < -0.4 is 5.32 Å². The SMILES string of the molecule is Cc1ccc(C(CNC(C)(C)C)OC(C)C)cc1. The third-order valence-corrected chi connectivity index (χ3v) is 2.70. The van der Waals surface area contributed by atoms with E-state index in [4.69, 9.17) is 4.74 Å². The minimum Gasteiger partial charge on any atom is -0.370 e. The zero-order valence-electron chi connectivity index (χ0n) is 12.6. The van der Waals surface area contributed by atoms with Gasteiger partial charge >= 0.3 is 0 Å². The smallest absolute Gasteiger partial charge is 0.0952 e. The molecular formula is C16H27NO. The van der Waals surface area contributed by atoms with E-state index in [0.717, 1.165) is 6.54 Å². The largest absolute Gasteiger partial charge is 0.370 e. The van der Waals surface area contributed by atoms with Crippen molar-refractivity contribution in [2.24, 2.45) is 0 Å². The molecule has 1 atom stereocenters. The molecule has 0 saturated heterocycles. The molecule has 0 heterocycles. The third kappa shape index (κ3) is 5.65. The lowest BCUT2D eigenvalue weighted by molar-refractivity contribution is 0.00404. The van der Waals surface area contributed by atoms with E-state index in [1.807, 2.05) is 0 Å². The van der Waals surface area contributed by atoms with Crippen LogP contribution in [-0.2, 0) is 4.74 Å². The molecule has 0 aromatic heterocycles. The monoisotopic (exact) mass is 249 g/mol. The zero-order valence-corrected chi connectivity index (χ0v) is 12.6. The predicted molar refractivity (Wildman–Crippen MR) is 77.9 cm³/mol. The molecule has 0 spiro atoms. The molecule has 18 heavy (non-hydrogen) atoms. The number of hydrogen-bond donors (Lipinski definition) is 1. The van der Waals surface area contributed by atoms with E-state index < -0.39 is 0 Å². The molecule has 1 N–H and O–H groups in total. The van der Waals surface area contributed by atoms with Gasteiger partial charge < -0.3 is 10.1 Å². The van der Waals surface area contributed by atoms with E-state index in [1.54, 1.807) is 0 Å². The lowest BCUT2D eigenvalue weighted by Gasteiger charge is -2.27. The van der Waals surface area contributed by atoms with Gasteiger partial charge in [-0.25, -0.2) is 0 Å². The van der Waals surface area contributed by atoms with Crippen molar-refractivity contribution in [1.29, 1.82) is 0 Å². The Morgan fingerprint density at radius 2 is 1.67 bits per heavy atom. The van der Waals surface area contributed by atoms with E-state index in [-0.39, 0.29) is 17.7 Å². The van der Waals surface area contributed by atoms with Crippen LogP contribution in [0.15, 0.2) is 24.3 Å². The predicted octanol–water partition coefficient (Wildman–Crippen LogP) is 3.85. The van der Waals surface area contributed by atoms with Crippen molar-refractivity contribution in [2.45, 2.75) is 59.3 Å². The number of benzene rings is 1. The summed E-state index contributed by atoms with van der Waals surface area (Å²) in [6, 6.07) is 8.60. The van der Waals surface area contributed by atoms with Crippen molar-refractivity contribution in [3.05, 3.63) is 35.4 Å². The summed E-state index contributed by atoms with van der Waals surface area (Å²) in [7, 11) is 0. The Bertz CT molecular complexity index is 348. The molecule has 0 bridgehead atoms. The van der Waals surface area contributed by atoms with E-state index in [0.29, 0.717) is 0 Å². The molecule has 0 aliphatic carbocycles. The first-order chi connectivity index (χ1) is 8.28. The van der Waals surface area contributed by atoms with Crippen molar-refractivity contribution < 1.29 is 4.74 Å². The molecule has 0 fully saturated rings. The summed E-state index contributed by atoms with van der Waals surface area (Å²) in [4.78, 5) is 0. The van der Waals surface area contributed by atoms with Crippen LogP contribution in [0, 0.1) is 6.92 Å². The average Bonchev–Trinajstić information content (AvgIpc) is 2.24. The normalized spacial score (nSPS) is 13.9. The summed E-state index contributed by atoms with van der Waals surface area (Å²) in [5.74, 6) is 0. The second-order valence-corrected chi connectivity index (χ2v) is 6.22. The van der Waals surface area contributed by atoms with Gasteiger partial charge in [-0.3, -0.25) is 0 Å². The Morgan fingerprint density at radius 1 is 1.11 bits per heavy atom. The van der Waals surface area contributed by atoms with Gasteiger partial charge in [0.2, 0.25) is 0 Å². The lowest BCUT2D eigenvalue weighted by Crippen LogP contribution is -2.39. The van der Waals surface area contributed by atoms with Crippen LogP contribution in [0.4, 0.5) is 0 Å². The van der Waals surface area contributed by atoms with Gasteiger partial charge in [0, 0.05) is 12.1 Å². The van der Waals surface area contributed by atoms with Gasteiger partial charge in [0.25, 0.3) is 0 Å². The molecule has 2 nitrogen and oxygen atoms in total. The van der Waals surface area contributed by atoms with Crippen molar-refractivity contribution >= 4 is 0 Å². The van der Waals surface area contributed by atoms with Crippen molar-refractivity contribution in [2.75, 3.05) is 6.54 Å². The molecule has 1 unspecified atom stereocenters. The van der Waals surface area contributed by atoms with Gasteiger partial charge in [-0.05, 0) is 47.1 Å². The maximum Gasteiger partial charge on any atom is 0.0952 e. The molecule has 0 aliphatic rings. The Morgan fingerprint density at radius 3 is 2.11 bits per heavy atom. The Labute approximate surface area is 112 Å². The maximum atomic E-state index is 6.01. The molecule has 0 amide bonds. The number of aryl methyl sites for hydroxylation is 1. The second kappa shape index (κ2) is 6.35. The average molecular weight is 249 g/mol. The standard InChI is InChI=1S/C16H27NO/c1-12(2)18-15(11-17-16(4,5)6)14-9-7-13(3)8-10-14/h7-10,12,15,17H,11H2,1-6H3. The Balaban J connectivity index is 2.74. The van der Waals surface area contributed by atoms with Crippen LogP contribution in [0.25, 0.3) is 0 Å². The van der Waals surface area contributed by atoms with Crippen LogP contribution in [0.5, 0.6) is 0 Å². The molecule has 0 radical (unpaired) electrons. The first-order valence-electron chi connectivity index (χ1n) is 6.75. The minimum atomic E-state index is 0.114. The summed E-state index contributed by atoms with van der Waals surface area (Å²) in [5, 5.41) is 3.52. The molecule has 1 aromatic rings. The number of nitrogens with one attached hydrogen (secondary N) is 1. The highest BCUT2D eigenvalue weighted by Gasteiger charge is 2.17. The van der Waals surface area contributed by atoms with Crippen molar-refractivity contribution in [1.82, 2.24) is 5.32 Å². The lowest BCUT2D eigenvalue weighted by atomic mass is 10.0. The molecule has 102 valence electrons. The molecule has 0 aliphatic heterocycles. The molecule has 2 heteroatoms. The topological polar surface area (TPSA) is 21.3 Å². The van der Waals surface area contributed by atoms with Crippen LogP contribution in [0.1, 0.15) is 51.8 Å². The first kappa shape index (κ1) is 15.2. The highest BCUT2D eigenvalue weighted by Crippen LogP contribution is 2.20. The van der Waals surface area contributed by atoms with Crippen LogP contribution in [0.3, 0.4) is 0 Å². The summed E-state index contributed by atoms with van der Waals surface area (Å²) in [6.45, 7) is 13.6. The van der Waals surface area contributed by atoms with E-state index in [2.05, 4.69) is 71.1 Å². The molecule has 1 aromatic carbocycles. The number of hydrogen-bond acceptors (Lipinski definition) is 2. The van der Waals surface area contributed by atoms with Gasteiger partial charge in [0.05, 0.1) is 12.2 Å². The Hall–Kier alpha value is -0.860. The van der Waals surface area contributed by atoms with Gasteiger partial charge in [-0.2, -0.15) is 0 Å². The maximum absolute atomic E-state index is 6.01. The Kier molecular flexibility index (Phi) is 5.36. The summed E-state index contributed by atoms with van der Waals surface area (Å²) in [6.07, 6.45) is 0.350. The molecule has 1 rings (SSSR count). The summed E-state index contributed by atoms with van der Waals surface area (Å²) >= 11 is 0. The van der Waals surface area contributed by atoms with Gasteiger partial charge in [0.1, 0.15) is 0 Å². The van der Waals surface area contributed by atoms with Crippen LogP contribution in [0.2, 0.25) is 0 Å². The number of ether oxygens (including phenoxy) is 1. The van der Waals surface area contributed by atoms with Gasteiger partial charge in [0.15, 0.2) is 0 Å². The van der Waals surface area contributed by atoms with Crippen molar-refractivity contribution in [3.63, 3.8) is 0 Å². The summed E-state index contributed by atoms with van der Waals surface area (Å²) < 4.78 is 6.01. The second-order valence-electron chi connectivity index (χ2n) is 6.22. The quantitative estimate of drug-likeness (QED) is 0.856. The summed E-state index contributed by atoms with van der Waals surface area (Å²) in [5.41, 5.74) is 2.64. The van der Waals surface area contributed by atoms with Gasteiger partial charge in [-0.15, -0.1) is 0 Å². The van der Waals surface area contributed by atoms with Gasteiger partial charge in [-0.1, -0.05) is 29.8 Å². The number of rotatable bonds is 5. The zero-order chi connectivity index (χ0) is 13.8. The van der Waals surface area contributed by atoms with E-state index in [9.17, 15) is 0 Å². The van der Waals surface area contributed by atoms with Crippen molar-refractivity contribution in [3.8, 4) is 0 Å². The highest BCUT2D eigenvalue weighted by molar-refractivity contribution is 5.23. The minimum absolute atomic E-state index is 0.114. The molecule has 0 saturated carbocycles. The fraction of sp³-hybridized carbons (Fsp3) is 0.625. The fourth-order valence-corrected chi connectivity index (χ4v) is 1.75. The van der Waals surface area contributed by atoms with Crippen LogP contribution >= 0.6 is 0 Å². The van der Waals surface area contributed by atoms with E-state index >= 15 is 0 Å². The first-order valence-corrected chi connectivity index (χ1v) is 6.75. The third-order valence-electron chi connectivity index (χ3n) is 2.70.